The number of sulfonamides is 1. The van der Waals surface area contributed by atoms with Crippen LogP contribution in [0.4, 0.5) is 0 Å². The first-order valence-corrected chi connectivity index (χ1v) is 10.8. The zero-order valence-corrected chi connectivity index (χ0v) is 16.8. The van der Waals surface area contributed by atoms with Crippen LogP contribution >= 0.6 is 0 Å². The van der Waals surface area contributed by atoms with Gasteiger partial charge in [-0.05, 0) is 48.7 Å². The van der Waals surface area contributed by atoms with Gasteiger partial charge in [-0.15, -0.1) is 0 Å². The van der Waals surface area contributed by atoms with E-state index in [0.717, 1.165) is 18.4 Å². The van der Waals surface area contributed by atoms with E-state index in [4.69, 9.17) is 14.2 Å². The van der Waals surface area contributed by atoms with Crippen molar-refractivity contribution < 1.29 is 27.4 Å². The van der Waals surface area contributed by atoms with Gasteiger partial charge in [0.1, 0.15) is 10.6 Å². The second-order valence-corrected chi connectivity index (χ2v) is 8.75. The minimum absolute atomic E-state index is 0.0117. The number of rotatable bonds is 6. The summed E-state index contributed by atoms with van der Waals surface area (Å²) in [6.07, 6.45) is 1.66. The van der Waals surface area contributed by atoms with Gasteiger partial charge in [0.05, 0.1) is 7.11 Å². The Balaban J connectivity index is 1.52. The second kappa shape index (κ2) is 7.92. The van der Waals surface area contributed by atoms with Gasteiger partial charge in [-0.2, -0.15) is 4.31 Å². The van der Waals surface area contributed by atoms with Gasteiger partial charge in [-0.1, -0.05) is 6.07 Å². The number of hydrogen-bond donors (Lipinski definition) is 1. The Morgan fingerprint density at radius 2 is 1.86 bits per heavy atom. The molecule has 0 aliphatic carbocycles. The molecule has 0 aromatic heterocycles. The van der Waals surface area contributed by atoms with E-state index < -0.39 is 10.0 Å². The highest BCUT2D eigenvalue weighted by molar-refractivity contribution is 7.89. The Kier molecular flexibility index (Phi) is 5.33. The summed E-state index contributed by atoms with van der Waals surface area (Å²) in [5.74, 6) is 1.17. The third-order valence-electron chi connectivity index (χ3n) is 5.00. The molecule has 0 spiro atoms. The number of hydrogen-bond acceptors (Lipinski definition) is 6. The van der Waals surface area contributed by atoms with Crippen LogP contribution in [0.2, 0.25) is 0 Å². The number of methoxy groups -OCH3 is 1. The molecule has 2 aromatic carbocycles. The van der Waals surface area contributed by atoms with Crippen molar-refractivity contribution in [2.75, 3.05) is 27.0 Å². The summed E-state index contributed by atoms with van der Waals surface area (Å²) in [4.78, 5) is 12.6. The molecule has 0 bridgehead atoms. The predicted octanol–water partition coefficient (Wildman–Crippen LogP) is 2.14. The molecule has 4 rings (SSSR count). The first-order chi connectivity index (χ1) is 14.0. The van der Waals surface area contributed by atoms with Crippen molar-refractivity contribution >= 4 is 15.9 Å². The minimum atomic E-state index is -3.71. The molecule has 1 N–H and O–H groups in total. The average molecular weight is 418 g/mol. The maximum absolute atomic E-state index is 13.0. The number of benzene rings is 2. The number of carbonyl (C=O) groups is 1. The predicted molar refractivity (Wildman–Crippen MR) is 105 cm³/mol. The van der Waals surface area contributed by atoms with Gasteiger partial charge in [0, 0.05) is 25.2 Å². The fourth-order valence-electron chi connectivity index (χ4n) is 3.42. The zero-order valence-electron chi connectivity index (χ0n) is 16.0. The normalized spacial score (nSPS) is 16.0. The monoisotopic (exact) mass is 418 g/mol. The van der Waals surface area contributed by atoms with Gasteiger partial charge >= 0.3 is 0 Å². The molecule has 29 heavy (non-hydrogen) atoms. The summed E-state index contributed by atoms with van der Waals surface area (Å²) >= 11 is 0. The summed E-state index contributed by atoms with van der Waals surface area (Å²) in [7, 11) is -2.30. The van der Waals surface area contributed by atoms with Crippen LogP contribution in [0.1, 0.15) is 28.8 Å². The number of amides is 1. The first kappa shape index (κ1) is 19.5. The van der Waals surface area contributed by atoms with E-state index in [2.05, 4.69) is 5.32 Å². The van der Waals surface area contributed by atoms with Gasteiger partial charge in [-0.25, -0.2) is 8.42 Å². The molecular weight excluding hydrogens is 396 g/mol. The minimum Gasteiger partial charge on any atom is -0.495 e. The number of carbonyl (C=O) groups excluding carboxylic acids is 1. The van der Waals surface area contributed by atoms with Crippen molar-refractivity contribution in [3.05, 3.63) is 47.5 Å². The zero-order chi connectivity index (χ0) is 20.4. The van der Waals surface area contributed by atoms with Crippen LogP contribution in [0.15, 0.2) is 41.3 Å². The number of nitrogens with zero attached hydrogens (tertiary/aromatic N) is 1. The van der Waals surface area contributed by atoms with Crippen molar-refractivity contribution in [2.24, 2.45) is 0 Å². The fraction of sp³-hybridized carbons (Fsp3) is 0.350. The Hall–Kier alpha value is -2.78. The van der Waals surface area contributed by atoms with E-state index in [-0.39, 0.29) is 35.5 Å². The van der Waals surface area contributed by atoms with E-state index in [1.807, 2.05) is 6.07 Å². The number of ether oxygens (including phenoxy) is 3. The van der Waals surface area contributed by atoms with Crippen molar-refractivity contribution in [1.82, 2.24) is 9.62 Å². The largest absolute Gasteiger partial charge is 0.495 e. The first-order valence-electron chi connectivity index (χ1n) is 9.34. The molecule has 8 nitrogen and oxygen atoms in total. The standard InChI is InChI=1S/C20H22N2O6S/c1-26-17-7-5-15(11-19(17)29(24,25)22-8-2-3-9-22)20(23)21-12-14-4-6-16-18(10-14)28-13-27-16/h4-7,10-11H,2-3,8-9,12-13H2,1H3,(H,21,23). The average Bonchev–Trinajstić information content (AvgIpc) is 3.43. The van der Waals surface area contributed by atoms with E-state index in [0.29, 0.717) is 24.6 Å². The highest BCUT2D eigenvalue weighted by Gasteiger charge is 2.30. The highest BCUT2D eigenvalue weighted by atomic mass is 32.2. The van der Waals surface area contributed by atoms with Gasteiger partial charge in [0.2, 0.25) is 16.8 Å². The smallest absolute Gasteiger partial charge is 0.251 e. The lowest BCUT2D eigenvalue weighted by Crippen LogP contribution is -2.29. The third kappa shape index (κ3) is 3.88. The van der Waals surface area contributed by atoms with Crippen molar-refractivity contribution in [1.29, 1.82) is 0 Å². The van der Waals surface area contributed by atoms with Crippen molar-refractivity contribution in [3.63, 3.8) is 0 Å². The van der Waals surface area contributed by atoms with Crippen LogP contribution in [0.3, 0.4) is 0 Å². The Morgan fingerprint density at radius 3 is 2.62 bits per heavy atom. The molecule has 2 aromatic rings. The molecule has 0 saturated carbocycles. The molecule has 1 fully saturated rings. The third-order valence-corrected chi connectivity index (χ3v) is 6.92. The van der Waals surface area contributed by atoms with E-state index in [9.17, 15) is 13.2 Å². The maximum atomic E-state index is 13.0. The van der Waals surface area contributed by atoms with Crippen LogP contribution < -0.4 is 19.5 Å². The summed E-state index contributed by atoms with van der Waals surface area (Å²) in [6, 6.07) is 9.87. The van der Waals surface area contributed by atoms with Crippen LogP contribution in [0, 0.1) is 0 Å². The molecule has 1 amide bonds. The lowest BCUT2D eigenvalue weighted by atomic mass is 10.1. The fourth-order valence-corrected chi connectivity index (χ4v) is 5.12. The van der Waals surface area contributed by atoms with Crippen molar-refractivity contribution in [2.45, 2.75) is 24.3 Å². The summed E-state index contributed by atoms with van der Waals surface area (Å²) < 4.78 is 43.2. The molecule has 2 aliphatic heterocycles. The lowest BCUT2D eigenvalue weighted by molar-refractivity contribution is 0.0950. The summed E-state index contributed by atoms with van der Waals surface area (Å²) in [5, 5.41) is 2.81. The van der Waals surface area contributed by atoms with Gasteiger partial charge in [0.15, 0.2) is 11.5 Å². The second-order valence-electron chi connectivity index (χ2n) is 6.85. The van der Waals surface area contributed by atoms with E-state index in [1.165, 1.54) is 23.5 Å². The van der Waals surface area contributed by atoms with Gasteiger partial charge in [-0.3, -0.25) is 4.79 Å². The topological polar surface area (TPSA) is 94.2 Å². The molecule has 0 unspecified atom stereocenters. The van der Waals surface area contributed by atoms with Crippen LogP contribution in [-0.2, 0) is 16.6 Å². The molecular formula is C20H22N2O6S. The number of nitrogens with one attached hydrogen (secondary N) is 1. The Bertz CT molecular complexity index is 1030. The molecule has 0 atom stereocenters. The quantitative estimate of drug-likeness (QED) is 0.773. The van der Waals surface area contributed by atoms with E-state index >= 15 is 0 Å². The lowest BCUT2D eigenvalue weighted by Gasteiger charge is -2.18. The molecule has 2 aliphatic rings. The van der Waals surface area contributed by atoms with Gasteiger partial charge < -0.3 is 19.5 Å². The molecule has 2 heterocycles. The molecule has 9 heteroatoms. The number of fused-ring (bicyclic) bond motifs is 1. The Labute approximate surface area is 169 Å². The molecule has 154 valence electrons. The SMILES string of the molecule is COc1ccc(C(=O)NCc2ccc3c(c2)OCO3)cc1S(=O)(=O)N1CCCC1. The molecule has 1 saturated heterocycles. The maximum Gasteiger partial charge on any atom is 0.251 e. The van der Waals surface area contributed by atoms with Crippen molar-refractivity contribution in [3.8, 4) is 17.2 Å². The molecule has 0 radical (unpaired) electrons. The van der Waals surface area contributed by atoms with Crippen LogP contribution in [0.25, 0.3) is 0 Å². The van der Waals surface area contributed by atoms with Crippen LogP contribution in [0.5, 0.6) is 17.2 Å². The highest BCUT2D eigenvalue weighted by Crippen LogP contribution is 2.33. The van der Waals surface area contributed by atoms with Crippen LogP contribution in [-0.4, -0.2) is 45.6 Å². The summed E-state index contributed by atoms with van der Waals surface area (Å²) in [5.41, 5.74) is 1.10. The Morgan fingerprint density at radius 1 is 1.10 bits per heavy atom. The van der Waals surface area contributed by atoms with E-state index in [1.54, 1.807) is 18.2 Å². The summed E-state index contributed by atoms with van der Waals surface area (Å²) in [6.45, 7) is 1.42. The van der Waals surface area contributed by atoms with Gasteiger partial charge in [0.25, 0.3) is 5.91 Å².